The Bertz CT molecular complexity index is 933. The van der Waals surface area contributed by atoms with E-state index in [-0.39, 0.29) is 0 Å². The maximum atomic E-state index is 5.96. The summed E-state index contributed by atoms with van der Waals surface area (Å²) < 4.78 is 0. The average molecular weight is 264 g/mol. The molecule has 0 aliphatic heterocycles. The van der Waals surface area contributed by atoms with Crippen LogP contribution in [0.5, 0.6) is 0 Å². The van der Waals surface area contributed by atoms with Gasteiger partial charge in [0, 0.05) is 22.7 Å². The van der Waals surface area contributed by atoms with Crippen LogP contribution in [0, 0.1) is 6.92 Å². The highest BCUT2D eigenvalue weighted by Gasteiger charge is 2.15. The molecule has 6 heteroatoms. The number of hydrogen-bond acceptors (Lipinski definition) is 4. The van der Waals surface area contributed by atoms with E-state index in [1.807, 2.05) is 12.3 Å². The number of nitrogens with zero attached hydrogens (tertiary/aromatic N) is 3. The van der Waals surface area contributed by atoms with Crippen LogP contribution in [0.2, 0.25) is 0 Å². The van der Waals surface area contributed by atoms with Crippen LogP contribution in [0.4, 0.5) is 5.82 Å². The minimum atomic E-state index is 0.431. The molecule has 0 radical (unpaired) electrons. The molecule has 0 aliphatic rings. The molecule has 0 saturated carbocycles. The van der Waals surface area contributed by atoms with Crippen LogP contribution in [0.25, 0.3) is 33.2 Å². The second-order valence-electron chi connectivity index (χ2n) is 4.76. The number of nitrogen functional groups attached to an aromatic ring is 1. The minimum Gasteiger partial charge on any atom is -0.383 e. The van der Waals surface area contributed by atoms with Crippen LogP contribution in [0.3, 0.4) is 0 Å². The van der Waals surface area contributed by atoms with E-state index in [0.29, 0.717) is 11.5 Å². The van der Waals surface area contributed by atoms with Gasteiger partial charge in [-0.1, -0.05) is 18.2 Å². The summed E-state index contributed by atoms with van der Waals surface area (Å²) in [4.78, 5) is 11.5. The molecule has 0 fully saturated rings. The number of para-hydroxylation sites is 1. The Hall–Kier alpha value is -2.89. The fourth-order valence-corrected chi connectivity index (χ4v) is 2.59. The lowest BCUT2D eigenvalue weighted by Crippen LogP contribution is -1.92. The minimum absolute atomic E-state index is 0.431. The van der Waals surface area contributed by atoms with Crippen molar-refractivity contribution in [2.24, 2.45) is 0 Å². The Morgan fingerprint density at radius 2 is 2.10 bits per heavy atom. The second-order valence-corrected chi connectivity index (χ2v) is 4.76. The zero-order valence-corrected chi connectivity index (χ0v) is 10.8. The zero-order chi connectivity index (χ0) is 13.7. The highest BCUT2D eigenvalue weighted by Crippen LogP contribution is 2.34. The number of nitrogens with two attached hydrogens (primary N) is 1. The quantitative estimate of drug-likeness (QED) is 0.491. The van der Waals surface area contributed by atoms with E-state index in [2.05, 4.69) is 44.2 Å². The third-order valence-electron chi connectivity index (χ3n) is 3.57. The highest BCUT2D eigenvalue weighted by atomic mass is 15.2. The second kappa shape index (κ2) is 3.80. The lowest BCUT2D eigenvalue weighted by atomic mass is 10.1. The third kappa shape index (κ3) is 1.36. The first-order valence-corrected chi connectivity index (χ1v) is 6.27. The fourth-order valence-electron chi connectivity index (χ4n) is 2.59. The summed E-state index contributed by atoms with van der Waals surface area (Å²) >= 11 is 0. The predicted molar refractivity (Wildman–Crippen MR) is 78.1 cm³/mol. The predicted octanol–water partition coefficient (Wildman–Crippen LogP) is 2.39. The molecule has 0 atom stereocenters. The van der Waals surface area contributed by atoms with Gasteiger partial charge in [-0.3, -0.25) is 5.10 Å². The Morgan fingerprint density at radius 3 is 3.00 bits per heavy atom. The van der Waals surface area contributed by atoms with Crippen LogP contribution >= 0.6 is 0 Å². The first kappa shape index (κ1) is 11.0. The number of aromatic nitrogens is 5. The van der Waals surface area contributed by atoms with E-state index in [1.165, 1.54) is 11.9 Å². The van der Waals surface area contributed by atoms with E-state index in [1.54, 1.807) is 0 Å². The van der Waals surface area contributed by atoms with Gasteiger partial charge in [-0.2, -0.15) is 5.10 Å². The molecule has 0 saturated heterocycles. The van der Waals surface area contributed by atoms with Crippen molar-refractivity contribution in [1.29, 1.82) is 0 Å². The van der Waals surface area contributed by atoms with Gasteiger partial charge >= 0.3 is 0 Å². The van der Waals surface area contributed by atoms with Crippen molar-refractivity contribution >= 4 is 27.8 Å². The number of anilines is 1. The number of H-pyrrole nitrogens is 2. The SMILES string of the molecule is Cc1cccc2c(-c3[nH]nc4ncnc(N)c34)c[nH]c12. The first-order chi connectivity index (χ1) is 9.75. The number of fused-ring (bicyclic) bond motifs is 2. The molecule has 0 bridgehead atoms. The molecule has 0 amide bonds. The summed E-state index contributed by atoms with van der Waals surface area (Å²) in [6.07, 6.45) is 3.37. The molecule has 4 N–H and O–H groups in total. The van der Waals surface area contributed by atoms with E-state index in [0.717, 1.165) is 27.5 Å². The number of aryl methyl sites for hydroxylation is 1. The van der Waals surface area contributed by atoms with Crippen molar-refractivity contribution in [3.05, 3.63) is 36.3 Å². The van der Waals surface area contributed by atoms with Gasteiger partial charge in [0.15, 0.2) is 5.65 Å². The summed E-state index contributed by atoms with van der Waals surface area (Å²) in [5.41, 5.74) is 10.7. The van der Waals surface area contributed by atoms with Gasteiger partial charge in [-0.05, 0) is 12.5 Å². The van der Waals surface area contributed by atoms with Gasteiger partial charge in [0.1, 0.15) is 12.1 Å². The number of rotatable bonds is 1. The van der Waals surface area contributed by atoms with Crippen molar-refractivity contribution in [3.63, 3.8) is 0 Å². The molecule has 98 valence electrons. The molecule has 0 spiro atoms. The molecule has 6 nitrogen and oxygen atoms in total. The zero-order valence-electron chi connectivity index (χ0n) is 10.8. The summed E-state index contributed by atoms with van der Waals surface area (Å²) in [5.74, 6) is 0.431. The third-order valence-corrected chi connectivity index (χ3v) is 3.57. The van der Waals surface area contributed by atoms with Crippen molar-refractivity contribution in [1.82, 2.24) is 25.1 Å². The molecule has 4 rings (SSSR count). The molecule has 0 unspecified atom stereocenters. The molecule has 0 aliphatic carbocycles. The van der Waals surface area contributed by atoms with E-state index in [9.17, 15) is 0 Å². The topological polar surface area (TPSA) is 96.3 Å². The van der Waals surface area contributed by atoms with Crippen molar-refractivity contribution in [2.45, 2.75) is 6.92 Å². The maximum Gasteiger partial charge on any atom is 0.186 e. The highest BCUT2D eigenvalue weighted by molar-refractivity contribution is 6.05. The Labute approximate surface area is 114 Å². The average Bonchev–Trinajstić information content (AvgIpc) is 3.03. The summed E-state index contributed by atoms with van der Waals surface area (Å²) in [6.45, 7) is 2.07. The van der Waals surface area contributed by atoms with Crippen molar-refractivity contribution < 1.29 is 0 Å². The van der Waals surface area contributed by atoms with Gasteiger partial charge in [0.25, 0.3) is 0 Å². The maximum absolute atomic E-state index is 5.96. The van der Waals surface area contributed by atoms with Gasteiger partial charge in [-0.15, -0.1) is 0 Å². The summed E-state index contributed by atoms with van der Waals surface area (Å²) in [5, 5.41) is 9.09. The van der Waals surface area contributed by atoms with Crippen LogP contribution in [0.15, 0.2) is 30.7 Å². The summed E-state index contributed by atoms with van der Waals surface area (Å²) in [7, 11) is 0. The first-order valence-electron chi connectivity index (χ1n) is 6.27. The van der Waals surface area contributed by atoms with Gasteiger partial charge in [0.05, 0.1) is 11.1 Å². The lowest BCUT2D eigenvalue weighted by Gasteiger charge is -2.00. The number of aromatic amines is 2. The number of benzene rings is 1. The normalized spacial score (nSPS) is 11.4. The summed E-state index contributed by atoms with van der Waals surface area (Å²) in [6, 6.07) is 6.18. The van der Waals surface area contributed by atoms with E-state index in [4.69, 9.17) is 5.73 Å². The molecule has 4 aromatic rings. The van der Waals surface area contributed by atoms with Crippen LogP contribution < -0.4 is 5.73 Å². The molecule has 20 heavy (non-hydrogen) atoms. The Kier molecular flexibility index (Phi) is 2.09. The Morgan fingerprint density at radius 1 is 1.20 bits per heavy atom. The van der Waals surface area contributed by atoms with Crippen molar-refractivity contribution in [2.75, 3.05) is 5.73 Å². The standard InChI is InChI=1S/C14H12N6/c1-7-3-2-4-8-9(5-16-11(7)8)12-10-13(15)17-6-18-14(10)20-19-12/h2-6,16H,1H3,(H3,15,17,18,19,20). The Balaban J connectivity index is 2.10. The molecule has 3 aromatic heterocycles. The number of hydrogen-bond donors (Lipinski definition) is 3. The monoisotopic (exact) mass is 264 g/mol. The number of nitrogens with one attached hydrogen (secondary N) is 2. The van der Waals surface area contributed by atoms with Crippen molar-refractivity contribution in [3.8, 4) is 11.3 Å². The van der Waals surface area contributed by atoms with Crippen LogP contribution in [-0.2, 0) is 0 Å². The molecule has 3 heterocycles. The van der Waals surface area contributed by atoms with Gasteiger partial charge in [-0.25, -0.2) is 9.97 Å². The van der Waals surface area contributed by atoms with E-state index >= 15 is 0 Å². The largest absolute Gasteiger partial charge is 0.383 e. The molecule has 1 aromatic carbocycles. The lowest BCUT2D eigenvalue weighted by molar-refractivity contribution is 1.09. The van der Waals surface area contributed by atoms with Crippen LogP contribution in [-0.4, -0.2) is 25.1 Å². The molecular formula is C14H12N6. The van der Waals surface area contributed by atoms with Crippen LogP contribution in [0.1, 0.15) is 5.56 Å². The van der Waals surface area contributed by atoms with Gasteiger partial charge < -0.3 is 10.7 Å². The van der Waals surface area contributed by atoms with Gasteiger partial charge in [0.2, 0.25) is 0 Å². The van der Waals surface area contributed by atoms with E-state index < -0.39 is 0 Å². The fraction of sp³-hybridized carbons (Fsp3) is 0.0714. The molecular weight excluding hydrogens is 252 g/mol. The smallest absolute Gasteiger partial charge is 0.186 e.